The van der Waals surface area contributed by atoms with Crippen LogP contribution in [0.3, 0.4) is 0 Å². The molecule has 1 saturated heterocycles. The van der Waals surface area contributed by atoms with Crippen LogP contribution in [0.25, 0.3) is 0 Å². The normalized spacial score (nSPS) is 15.6. The Morgan fingerprint density at radius 2 is 1.83 bits per heavy atom. The van der Waals surface area contributed by atoms with Gasteiger partial charge in [0.25, 0.3) is 5.91 Å². The van der Waals surface area contributed by atoms with Crippen LogP contribution in [0.15, 0.2) is 76.3 Å². The number of nitrogens with one attached hydrogen (secondary N) is 1. The minimum atomic E-state index is -0.0161. The molecule has 1 aliphatic rings. The van der Waals surface area contributed by atoms with Gasteiger partial charge in [-0.1, -0.05) is 42.5 Å². The van der Waals surface area contributed by atoms with Crippen LogP contribution < -0.4 is 5.32 Å². The van der Waals surface area contributed by atoms with E-state index in [4.69, 9.17) is 4.74 Å². The molecule has 3 aromatic rings. The molecule has 30 heavy (non-hydrogen) atoms. The summed E-state index contributed by atoms with van der Waals surface area (Å²) in [6, 6.07) is 20.6. The van der Waals surface area contributed by atoms with Gasteiger partial charge < -0.3 is 10.1 Å². The number of hydrogen-bond donors (Lipinski definition) is 1. The molecule has 2 heterocycles. The molecule has 1 N–H and O–H groups in total. The molecule has 0 saturated carbocycles. The Morgan fingerprint density at radius 3 is 2.60 bits per heavy atom. The first-order valence-corrected chi connectivity index (χ1v) is 12.1. The van der Waals surface area contributed by atoms with Crippen LogP contribution in [0.5, 0.6) is 0 Å². The van der Waals surface area contributed by atoms with Gasteiger partial charge in [0.05, 0.1) is 24.8 Å². The number of morpholine rings is 1. The molecule has 1 amide bonds. The Labute approximate surface area is 186 Å². The number of thioether (sulfide) groups is 1. The van der Waals surface area contributed by atoms with E-state index in [1.165, 1.54) is 11.1 Å². The van der Waals surface area contributed by atoms with Crippen molar-refractivity contribution in [2.45, 2.75) is 16.7 Å². The largest absolute Gasteiger partial charge is 0.379 e. The number of benzene rings is 2. The molecule has 2 aromatic carbocycles. The number of rotatable bonds is 8. The van der Waals surface area contributed by atoms with E-state index in [1.807, 2.05) is 30.3 Å². The van der Waals surface area contributed by atoms with Gasteiger partial charge in [0, 0.05) is 30.3 Å². The summed E-state index contributed by atoms with van der Waals surface area (Å²) >= 11 is 3.41. The Kier molecular flexibility index (Phi) is 7.59. The van der Waals surface area contributed by atoms with E-state index >= 15 is 0 Å². The van der Waals surface area contributed by atoms with E-state index in [1.54, 1.807) is 23.1 Å². The van der Waals surface area contributed by atoms with Crippen molar-refractivity contribution in [2.24, 2.45) is 0 Å². The van der Waals surface area contributed by atoms with Crippen molar-refractivity contribution in [1.29, 1.82) is 0 Å². The van der Waals surface area contributed by atoms with Gasteiger partial charge in [0.15, 0.2) is 0 Å². The van der Waals surface area contributed by atoms with Gasteiger partial charge in [0.2, 0.25) is 0 Å². The summed E-state index contributed by atoms with van der Waals surface area (Å²) < 4.78 is 5.52. The van der Waals surface area contributed by atoms with Crippen LogP contribution in [-0.2, 0) is 10.5 Å². The van der Waals surface area contributed by atoms with Crippen LogP contribution in [-0.4, -0.2) is 43.7 Å². The van der Waals surface area contributed by atoms with Crippen LogP contribution in [0, 0.1) is 0 Å². The number of ether oxygens (including phenoxy) is 1. The molecule has 0 bridgehead atoms. The second-order valence-electron chi connectivity index (χ2n) is 7.20. The topological polar surface area (TPSA) is 41.6 Å². The summed E-state index contributed by atoms with van der Waals surface area (Å²) in [6.45, 7) is 3.80. The van der Waals surface area contributed by atoms with E-state index in [2.05, 4.69) is 51.3 Å². The van der Waals surface area contributed by atoms with Crippen molar-refractivity contribution in [2.75, 3.05) is 32.8 Å². The maximum absolute atomic E-state index is 13.1. The summed E-state index contributed by atoms with van der Waals surface area (Å²) in [5, 5.41) is 7.44. The lowest BCUT2D eigenvalue weighted by molar-refractivity contribution is 0.0162. The minimum Gasteiger partial charge on any atom is -0.379 e. The highest BCUT2D eigenvalue weighted by molar-refractivity contribution is 7.98. The van der Waals surface area contributed by atoms with Gasteiger partial charge in [-0.05, 0) is 40.1 Å². The lowest BCUT2D eigenvalue weighted by Crippen LogP contribution is -2.43. The van der Waals surface area contributed by atoms with E-state index in [-0.39, 0.29) is 11.9 Å². The van der Waals surface area contributed by atoms with Crippen molar-refractivity contribution >= 4 is 29.0 Å². The van der Waals surface area contributed by atoms with Crippen LogP contribution in [0.4, 0.5) is 0 Å². The zero-order chi connectivity index (χ0) is 20.6. The molecule has 4 rings (SSSR count). The summed E-state index contributed by atoms with van der Waals surface area (Å²) in [4.78, 5) is 16.5. The number of amides is 1. The average Bonchev–Trinajstić information content (AvgIpc) is 3.33. The Hall–Kier alpha value is -2.12. The highest BCUT2D eigenvalue weighted by Gasteiger charge is 2.23. The first-order chi connectivity index (χ1) is 14.8. The van der Waals surface area contributed by atoms with Crippen LogP contribution in [0.2, 0.25) is 0 Å². The van der Waals surface area contributed by atoms with Gasteiger partial charge in [-0.25, -0.2) is 0 Å². The Balaban J connectivity index is 1.44. The molecular formula is C24H26N2O2S2. The maximum atomic E-state index is 13.1. The van der Waals surface area contributed by atoms with Crippen LogP contribution in [0.1, 0.15) is 27.5 Å². The molecular weight excluding hydrogens is 412 g/mol. The number of carbonyl (C=O) groups is 1. The first-order valence-electron chi connectivity index (χ1n) is 10.2. The molecule has 156 valence electrons. The quantitative estimate of drug-likeness (QED) is 0.511. The van der Waals surface area contributed by atoms with Crippen molar-refractivity contribution in [3.63, 3.8) is 0 Å². The molecule has 1 aliphatic heterocycles. The van der Waals surface area contributed by atoms with Crippen molar-refractivity contribution in [1.82, 2.24) is 10.2 Å². The second kappa shape index (κ2) is 10.8. The Bertz CT molecular complexity index is 925. The molecule has 0 radical (unpaired) electrons. The summed E-state index contributed by atoms with van der Waals surface area (Å²) in [7, 11) is 0. The smallest absolute Gasteiger partial charge is 0.252 e. The lowest BCUT2D eigenvalue weighted by atomic mass is 10.0. The SMILES string of the molecule is O=C(NCC(c1ccccc1)N1CCOCC1)c1ccccc1SCc1ccsc1. The fourth-order valence-electron chi connectivity index (χ4n) is 3.62. The summed E-state index contributed by atoms with van der Waals surface area (Å²) in [6.07, 6.45) is 0. The fourth-order valence-corrected chi connectivity index (χ4v) is 5.39. The fraction of sp³-hybridized carbons (Fsp3) is 0.292. The number of carbonyl (C=O) groups excluding carboxylic acids is 1. The molecule has 1 atom stereocenters. The number of nitrogens with zero attached hydrogens (tertiary/aromatic N) is 1. The van der Waals surface area contributed by atoms with E-state index < -0.39 is 0 Å². The van der Waals surface area contributed by atoms with Crippen molar-refractivity contribution in [3.8, 4) is 0 Å². The van der Waals surface area contributed by atoms with E-state index in [9.17, 15) is 4.79 Å². The van der Waals surface area contributed by atoms with E-state index in [0.717, 1.165) is 42.5 Å². The molecule has 0 aliphatic carbocycles. The summed E-state index contributed by atoms with van der Waals surface area (Å²) in [5.74, 6) is 0.853. The lowest BCUT2D eigenvalue weighted by Gasteiger charge is -2.35. The maximum Gasteiger partial charge on any atom is 0.252 e. The van der Waals surface area contributed by atoms with Crippen LogP contribution >= 0.6 is 23.1 Å². The standard InChI is InChI=1S/C24H26N2O2S2/c27-24(21-8-4-5-9-23(21)30-18-19-10-15-29-17-19)25-16-22(20-6-2-1-3-7-20)26-11-13-28-14-12-26/h1-10,15,17,22H,11-14,16,18H2,(H,25,27). The van der Waals surface area contributed by atoms with Crippen molar-refractivity contribution < 1.29 is 9.53 Å². The monoisotopic (exact) mass is 438 g/mol. The first kappa shape index (κ1) is 21.1. The molecule has 1 unspecified atom stereocenters. The van der Waals surface area contributed by atoms with Crippen molar-refractivity contribution in [3.05, 3.63) is 88.1 Å². The van der Waals surface area contributed by atoms with Gasteiger partial charge >= 0.3 is 0 Å². The predicted octanol–water partition coefficient (Wildman–Crippen LogP) is 4.84. The summed E-state index contributed by atoms with van der Waals surface area (Å²) in [5.41, 5.74) is 3.25. The third-order valence-corrected chi connectivity index (χ3v) is 7.11. The molecule has 1 aromatic heterocycles. The molecule has 0 spiro atoms. The molecule has 6 heteroatoms. The third-order valence-electron chi connectivity index (χ3n) is 5.23. The van der Waals surface area contributed by atoms with E-state index in [0.29, 0.717) is 6.54 Å². The number of thiophene rings is 1. The average molecular weight is 439 g/mol. The molecule has 4 nitrogen and oxygen atoms in total. The second-order valence-corrected chi connectivity index (χ2v) is 9.00. The highest BCUT2D eigenvalue weighted by atomic mass is 32.2. The number of hydrogen-bond acceptors (Lipinski definition) is 5. The van der Waals surface area contributed by atoms with Gasteiger partial charge in [-0.3, -0.25) is 9.69 Å². The third kappa shape index (κ3) is 5.52. The zero-order valence-corrected chi connectivity index (χ0v) is 18.5. The zero-order valence-electron chi connectivity index (χ0n) is 16.8. The van der Waals surface area contributed by atoms with Gasteiger partial charge in [0.1, 0.15) is 0 Å². The van der Waals surface area contributed by atoms with Gasteiger partial charge in [-0.15, -0.1) is 11.8 Å². The minimum absolute atomic E-state index is 0.0161. The predicted molar refractivity (Wildman–Crippen MR) is 124 cm³/mol. The van der Waals surface area contributed by atoms with Gasteiger partial charge in [-0.2, -0.15) is 11.3 Å². The molecule has 1 fully saturated rings. The Morgan fingerprint density at radius 1 is 1.07 bits per heavy atom. The highest BCUT2D eigenvalue weighted by Crippen LogP contribution is 2.27.